The third-order valence-corrected chi connectivity index (χ3v) is 6.04. The van der Waals surface area contributed by atoms with E-state index in [1.54, 1.807) is 18.2 Å². The Morgan fingerprint density at radius 2 is 2.07 bits per heavy atom. The molecule has 2 N–H and O–H groups in total. The van der Waals surface area contributed by atoms with Gasteiger partial charge < -0.3 is 14.7 Å². The van der Waals surface area contributed by atoms with Crippen molar-refractivity contribution in [2.45, 2.75) is 50.7 Å². The van der Waals surface area contributed by atoms with Gasteiger partial charge in [-0.15, -0.1) is 0 Å². The van der Waals surface area contributed by atoms with Crippen molar-refractivity contribution in [3.8, 4) is 5.75 Å². The number of carboxylic acid groups (broad SMARTS) is 1. The number of hydrogen-bond acceptors (Lipinski definition) is 6. The molecule has 1 aromatic rings. The van der Waals surface area contributed by atoms with Crippen LogP contribution in [0.15, 0.2) is 18.2 Å². The van der Waals surface area contributed by atoms with Crippen LogP contribution in [-0.4, -0.2) is 70.4 Å². The average molecular weight is 415 g/mol. The Morgan fingerprint density at radius 3 is 2.83 bits per heavy atom. The SMILES string of the molecule is O=C1CCC(N2Cc3c(OCCCN4CCC[C@@H]4C(=O)O)cccc3C2=O)C(=O)N1. The molecule has 2 fully saturated rings. The molecule has 2 saturated heterocycles. The minimum Gasteiger partial charge on any atom is -0.493 e. The fourth-order valence-corrected chi connectivity index (χ4v) is 4.52. The number of amides is 3. The molecular formula is C21H25N3O6. The standard InChI is InChI=1S/C21H25N3O6/c25-18-8-7-15(19(26)22-18)24-12-14-13(20(24)27)4-1-6-17(14)30-11-3-10-23-9-2-5-16(23)21(28)29/h1,4,6,15-16H,2-3,5,7-12H2,(H,28,29)(H,22,25,26)/t15?,16-/m1/s1. The Morgan fingerprint density at radius 1 is 1.23 bits per heavy atom. The third-order valence-electron chi connectivity index (χ3n) is 6.04. The van der Waals surface area contributed by atoms with Crippen molar-refractivity contribution in [1.29, 1.82) is 0 Å². The van der Waals surface area contributed by atoms with Gasteiger partial charge in [0, 0.05) is 24.1 Å². The summed E-state index contributed by atoms with van der Waals surface area (Å²) in [6.07, 6.45) is 2.79. The van der Waals surface area contributed by atoms with Gasteiger partial charge in [0.2, 0.25) is 11.8 Å². The number of benzene rings is 1. The molecule has 30 heavy (non-hydrogen) atoms. The number of hydrogen-bond donors (Lipinski definition) is 2. The van der Waals surface area contributed by atoms with E-state index in [9.17, 15) is 24.3 Å². The number of carbonyl (C=O) groups excluding carboxylic acids is 3. The fourth-order valence-electron chi connectivity index (χ4n) is 4.52. The Labute approximate surface area is 174 Å². The molecule has 0 aliphatic carbocycles. The Bertz CT molecular complexity index is 885. The Balaban J connectivity index is 1.36. The molecule has 9 nitrogen and oxygen atoms in total. The number of carboxylic acids is 1. The topological polar surface area (TPSA) is 116 Å². The van der Waals surface area contributed by atoms with Crippen LogP contribution in [0.25, 0.3) is 0 Å². The predicted molar refractivity (Wildman–Crippen MR) is 105 cm³/mol. The number of aliphatic carboxylic acids is 1. The van der Waals surface area contributed by atoms with Crippen LogP contribution >= 0.6 is 0 Å². The molecule has 1 aromatic carbocycles. The van der Waals surface area contributed by atoms with Gasteiger partial charge >= 0.3 is 5.97 Å². The zero-order chi connectivity index (χ0) is 21.3. The minimum atomic E-state index is -0.777. The molecule has 1 unspecified atom stereocenters. The van der Waals surface area contributed by atoms with Gasteiger partial charge in [-0.05, 0) is 44.4 Å². The molecule has 3 aliphatic rings. The van der Waals surface area contributed by atoms with Gasteiger partial charge in [0.15, 0.2) is 0 Å². The van der Waals surface area contributed by atoms with E-state index < -0.39 is 24.0 Å². The minimum absolute atomic E-state index is 0.216. The number of nitrogens with one attached hydrogen (secondary N) is 1. The van der Waals surface area contributed by atoms with Crippen molar-refractivity contribution in [3.63, 3.8) is 0 Å². The van der Waals surface area contributed by atoms with Crippen LogP contribution in [0.1, 0.15) is 48.0 Å². The first-order valence-electron chi connectivity index (χ1n) is 10.3. The van der Waals surface area contributed by atoms with Gasteiger partial charge in [-0.1, -0.05) is 6.07 Å². The molecule has 4 rings (SSSR count). The highest BCUT2D eigenvalue weighted by molar-refractivity contribution is 6.05. The first kappa shape index (κ1) is 20.3. The molecule has 2 atom stereocenters. The number of carbonyl (C=O) groups is 4. The monoisotopic (exact) mass is 415 g/mol. The summed E-state index contributed by atoms with van der Waals surface area (Å²) in [6.45, 7) is 2.11. The second kappa shape index (κ2) is 8.43. The van der Waals surface area contributed by atoms with E-state index in [0.717, 1.165) is 18.5 Å². The van der Waals surface area contributed by atoms with Gasteiger partial charge in [0.25, 0.3) is 5.91 Å². The highest BCUT2D eigenvalue weighted by Gasteiger charge is 2.40. The van der Waals surface area contributed by atoms with Gasteiger partial charge in [-0.2, -0.15) is 0 Å². The summed E-state index contributed by atoms with van der Waals surface area (Å²) in [5.41, 5.74) is 1.26. The second-order valence-electron chi connectivity index (χ2n) is 7.92. The molecule has 3 amide bonds. The summed E-state index contributed by atoms with van der Waals surface area (Å²) in [4.78, 5) is 51.1. The first-order chi connectivity index (χ1) is 14.5. The number of rotatable bonds is 7. The lowest BCUT2D eigenvalue weighted by Gasteiger charge is -2.29. The van der Waals surface area contributed by atoms with Crippen LogP contribution in [0.4, 0.5) is 0 Å². The Kier molecular flexibility index (Phi) is 5.72. The van der Waals surface area contributed by atoms with Crippen LogP contribution in [0.5, 0.6) is 5.75 Å². The summed E-state index contributed by atoms with van der Waals surface area (Å²) in [5.74, 6) is -1.15. The smallest absolute Gasteiger partial charge is 0.320 e. The maximum Gasteiger partial charge on any atom is 0.320 e. The van der Waals surface area contributed by atoms with Crippen molar-refractivity contribution in [2.75, 3.05) is 19.7 Å². The molecule has 160 valence electrons. The summed E-state index contributed by atoms with van der Waals surface area (Å²) < 4.78 is 5.92. The zero-order valence-electron chi connectivity index (χ0n) is 16.6. The third kappa shape index (κ3) is 3.89. The van der Waals surface area contributed by atoms with E-state index in [-0.39, 0.29) is 24.8 Å². The van der Waals surface area contributed by atoms with Gasteiger partial charge in [0.05, 0.1) is 13.2 Å². The maximum absolute atomic E-state index is 12.8. The zero-order valence-corrected chi connectivity index (χ0v) is 16.6. The van der Waals surface area contributed by atoms with Crippen molar-refractivity contribution < 1.29 is 29.0 Å². The quantitative estimate of drug-likeness (QED) is 0.499. The van der Waals surface area contributed by atoms with Crippen LogP contribution in [-0.2, 0) is 20.9 Å². The van der Waals surface area contributed by atoms with Gasteiger partial charge in [-0.25, -0.2) is 0 Å². The second-order valence-corrected chi connectivity index (χ2v) is 7.92. The lowest BCUT2D eigenvalue weighted by molar-refractivity contribution is -0.142. The molecule has 3 heterocycles. The number of imide groups is 1. The van der Waals surface area contributed by atoms with E-state index in [2.05, 4.69) is 5.32 Å². The molecule has 3 aliphatic heterocycles. The van der Waals surface area contributed by atoms with Crippen LogP contribution in [0.3, 0.4) is 0 Å². The largest absolute Gasteiger partial charge is 0.493 e. The number of fused-ring (bicyclic) bond motifs is 1. The molecule has 9 heteroatoms. The highest BCUT2D eigenvalue weighted by atomic mass is 16.5. The van der Waals surface area contributed by atoms with Crippen molar-refractivity contribution in [3.05, 3.63) is 29.3 Å². The maximum atomic E-state index is 12.8. The van der Waals surface area contributed by atoms with Gasteiger partial charge in [-0.3, -0.25) is 29.4 Å². The van der Waals surface area contributed by atoms with Crippen molar-refractivity contribution >= 4 is 23.7 Å². The van der Waals surface area contributed by atoms with Crippen molar-refractivity contribution in [1.82, 2.24) is 15.1 Å². The highest BCUT2D eigenvalue weighted by Crippen LogP contribution is 2.33. The van der Waals surface area contributed by atoms with Gasteiger partial charge in [0.1, 0.15) is 17.8 Å². The predicted octanol–water partition coefficient (Wildman–Crippen LogP) is 0.766. The fraction of sp³-hybridized carbons (Fsp3) is 0.524. The molecule has 0 aromatic heterocycles. The summed E-state index contributed by atoms with van der Waals surface area (Å²) >= 11 is 0. The van der Waals surface area contributed by atoms with Crippen molar-refractivity contribution in [2.24, 2.45) is 0 Å². The summed E-state index contributed by atoms with van der Waals surface area (Å²) in [7, 11) is 0. The number of nitrogens with zero attached hydrogens (tertiary/aromatic N) is 2. The van der Waals surface area contributed by atoms with E-state index in [1.165, 1.54) is 4.90 Å². The van der Waals surface area contributed by atoms with Crippen LogP contribution < -0.4 is 10.1 Å². The molecule has 0 radical (unpaired) electrons. The molecular weight excluding hydrogens is 390 g/mol. The van der Waals surface area contributed by atoms with Crippen LogP contribution in [0, 0.1) is 0 Å². The van der Waals surface area contributed by atoms with E-state index in [0.29, 0.717) is 43.7 Å². The number of piperidine rings is 1. The molecule has 0 bridgehead atoms. The lowest BCUT2D eigenvalue weighted by atomic mass is 10.0. The average Bonchev–Trinajstić information content (AvgIpc) is 3.31. The lowest BCUT2D eigenvalue weighted by Crippen LogP contribution is -2.52. The van der Waals surface area contributed by atoms with E-state index in [1.807, 2.05) is 4.90 Å². The Hall–Kier alpha value is -2.94. The first-order valence-corrected chi connectivity index (χ1v) is 10.3. The molecule has 0 saturated carbocycles. The normalized spacial score (nSPS) is 24.1. The number of ether oxygens (including phenoxy) is 1. The summed E-state index contributed by atoms with van der Waals surface area (Å²) in [5, 5.41) is 11.6. The summed E-state index contributed by atoms with van der Waals surface area (Å²) in [6, 6.07) is 4.21. The van der Waals surface area contributed by atoms with Crippen LogP contribution in [0.2, 0.25) is 0 Å². The number of likely N-dealkylation sites (tertiary alicyclic amines) is 1. The molecule has 0 spiro atoms. The van der Waals surface area contributed by atoms with E-state index >= 15 is 0 Å². The van der Waals surface area contributed by atoms with E-state index in [4.69, 9.17) is 4.74 Å².